The van der Waals surface area contributed by atoms with Crippen molar-refractivity contribution >= 4 is 7.12 Å². The third-order valence-electron chi connectivity index (χ3n) is 0.986. The second-order valence-electron chi connectivity index (χ2n) is 2.03. The fourth-order valence-electron chi connectivity index (χ4n) is 0.590. The molecule has 0 aromatic rings. The largest absolute Gasteiger partial charge is 0.466 e. The summed E-state index contributed by atoms with van der Waals surface area (Å²) in [6, 6.07) is 0. The first kappa shape index (κ1) is 8.90. The Kier molecular flexibility index (Phi) is 4.70. The normalized spacial score (nSPS) is 10.3. The Morgan fingerprint density at radius 1 is 1.56 bits per heavy atom. The van der Waals surface area contributed by atoms with Gasteiger partial charge in [0.05, 0.1) is 0 Å². The molecule has 0 radical (unpaired) electrons. The van der Waals surface area contributed by atoms with Crippen molar-refractivity contribution in [3.8, 4) is 0 Å². The Morgan fingerprint density at radius 2 is 2.11 bits per heavy atom. The summed E-state index contributed by atoms with van der Waals surface area (Å²) in [6.45, 7) is 1.24. The van der Waals surface area contributed by atoms with Crippen LogP contribution in [0.2, 0.25) is 0 Å². The molecule has 0 saturated heterocycles. The third-order valence-corrected chi connectivity index (χ3v) is 0.986. The summed E-state index contributed by atoms with van der Waals surface area (Å²) >= 11 is 0. The predicted molar refractivity (Wildman–Crippen MR) is 36.7 cm³/mol. The van der Waals surface area contributed by atoms with Gasteiger partial charge < -0.3 is 20.7 Å². The van der Waals surface area contributed by atoms with Gasteiger partial charge in [-0.05, 0) is 7.05 Å². The summed E-state index contributed by atoms with van der Waals surface area (Å²) in [5, 5.41) is 16.8. The Morgan fingerprint density at radius 3 is 2.44 bits per heavy atom. The van der Waals surface area contributed by atoms with Crippen molar-refractivity contribution in [2.24, 2.45) is 5.73 Å². The van der Waals surface area contributed by atoms with Gasteiger partial charge in [0.25, 0.3) is 0 Å². The Balaban J connectivity index is 3.15. The highest BCUT2D eigenvalue weighted by atomic mass is 16.4. The highest BCUT2D eigenvalue weighted by molar-refractivity contribution is 6.41. The van der Waals surface area contributed by atoms with E-state index >= 15 is 0 Å². The summed E-state index contributed by atoms with van der Waals surface area (Å²) in [5.74, 6) is 0. The highest BCUT2D eigenvalue weighted by Gasteiger charge is 2.08. The van der Waals surface area contributed by atoms with Crippen LogP contribution >= 0.6 is 0 Å². The molecule has 0 fully saturated rings. The van der Waals surface area contributed by atoms with Gasteiger partial charge in [-0.25, -0.2) is 0 Å². The fourth-order valence-corrected chi connectivity index (χ4v) is 0.590. The van der Waals surface area contributed by atoms with Crippen molar-refractivity contribution in [1.29, 1.82) is 0 Å². The van der Waals surface area contributed by atoms with Gasteiger partial charge >= 0.3 is 7.12 Å². The zero-order chi connectivity index (χ0) is 7.28. The van der Waals surface area contributed by atoms with Gasteiger partial charge in [-0.15, -0.1) is 0 Å². The second kappa shape index (κ2) is 4.75. The first-order valence-corrected chi connectivity index (χ1v) is 2.91. The zero-order valence-electron chi connectivity index (χ0n) is 5.62. The molecular formula is C4H13BN2O2. The molecule has 0 heterocycles. The standard InChI is InChI=1S/C4H13BN2O2/c1-7(3-2-6)4-5(8)9/h8-9H,2-4,6H2,1H3. The number of hydrogen-bond acceptors (Lipinski definition) is 4. The lowest BCUT2D eigenvalue weighted by molar-refractivity contribution is 0.325. The molecule has 0 atom stereocenters. The molecule has 5 heteroatoms. The van der Waals surface area contributed by atoms with E-state index in [0.717, 1.165) is 0 Å². The van der Waals surface area contributed by atoms with Gasteiger partial charge in [0.1, 0.15) is 0 Å². The molecular weight excluding hydrogens is 119 g/mol. The van der Waals surface area contributed by atoms with Crippen LogP contribution in [-0.2, 0) is 0 Å². The minimum absolute atomic E-state index is 0.261. The lowest BCUT2D eigenvalue weighted by Gasteiger charge is -2.13. The molecule has 4 N–H and O–H groups in total. The van der Waals surface area contributed by atoms with E-state index in [-0.39, 0.29) is 6.44 Å². The molecule has 54 valence electrons. The van der Waals surface area contributed by atoms with Gasteiger partial charge in [-0.2, -0.15) is 0 Å². The van der Waals surface area contributed by atoms with Crippen molar-refractivity contribution in [3.05, 3.63) is 0 Å². The molecule has 0 bridgehead atoms. The van der Waals surface area contributed by atoms with Crippen LogP contribution < -0.4 is 5.73 Å². The summed E-state index contributed by atoms with van der Waals surface area (Å²) in [4.78, 5) is 1.75. The number of rotatable bonds is 4. The van der Waals surface area contributed by atoms with Crippen molar-refractivity contribution in [2.75, 3.05) is 26.6 Å². The molecule has 0 saturated carbocycles. The van der Waals surface area contributed by atoms with Crippen LogP contribution in [0.5, 0.6) is 0 Å². The lowest BCUT2D eigenvalue weighted by Crippen LogP contribution is -2.35. The molecule has 0 amide bonds. The summed E-state index contributed by atoms with van der Waals surface area (Å²) in [6.07, 6.45) is 0.261. The van der Waals surface area contributed by atoms with Crippen molar-refractivity contribution < 1.29 is 10.0 Å². The van der Waals surface area contributed by atoms with E-state index in [1.54, 1.807) is 11.9 Å². The topological polar surface area (TPSA) is 69.7 Å². The summed E-state index contributed by atoms with van der Waals surface area (Å²) < 4.78 is 0. The van der Waals surface area contributed by atoms with E-state index in [4.69, 9.17) is 15.8 Å². The molecule has 0 spiro atoms. The van der Waals surface area contributed by atoms with Crippen LogP contribution in [0, 0.1) is 0 Å². The quantitative estimate of drug-likeness (QED) is 0.383. The summed E-state index contributed by atoms with van der Waals surface area (Å²) in [7, 11) is 0.535. The molecule has 4 nitrogen and oxygen atoms in total. The minimum Gasteiger partial charge on any atom is -0.426 e. The van der Waals surface area contributed by atoms with Crippen LogP contribution in [-0.4, -0.2) is 48.6 Å². The van der Waals surface area contributed by atoms with Crippen LogP contribution in [0.15, 0.2) is 0 Å². The number of hydrogen-bond donors (Lipinski definition) is 3. The molecule has 0 aliphatic rings. The van der Waals surface area contributed by atoms with Gasteiger partial charge in [0.15, 0.2) is 0 Å². The first-order valence-electron chi connectivity index (χ1n) is 2.91. The maximum Gasteiger partial charge on any atom is 0.466 e. The number of likely N-dealkylation sites (N-methyl/N-ethyl adjacent to an activating group) is 1. The average Bonchev–Trinajstić information content (AvgIpc) is 1.63. The third kappa shape index (κ3) is 5.78. The fraction of sp³-hybridized carbons (Fsp3) is 1.00. The van der Waals surface area contributed by atoms with E-state index in [1.807, 2.05) is 0 Å². The van der Waals surface area contributed by atoms with E-state index in [2.05, 4.69) is 0 Å². The van der Waals surface area contributed by atoms with E-state index in [1.165, 1.54) is 0 Å². The van der Waals surface area contributed by atoms with Gasteiger partial charge in [-0.1, -0.05) is 0 Å². The molecule has 0 unspecified atom stereocenters. The number of nitrogens with two attached hydrogens (primary N) is 1. The molecule has 0 aliphatic carbocycles. The maximum atomic E-state index is 8.42. The molecule has 0 aromatic carbocycles. The van der Waals surface area contributed by atoms with Crippen LogP contribution in [0.4, 0.5) is 0 Å². The van der Waals surface area contributed by atoms with E-state index in [9.17, 15) is 0 Å². The molecule has 9 heavy (non-hydrogen) atoms. The zero-order valence-corrected chi connectivity index (χ0v) is 5.62. The molecule has 0 aromatic heterocycles. The van der Waals surface area contributed by atoms with Crippen LogP contribution in [0.1, 0.15) is 0 Å². The SMILES string of the molecule is CN(CCN)CB(O)O. The van der Waals surface area contributed by atoms with Crippen molar-refractivity contribution in [1.82, 2.24) is 4.90 Å². The predicted octanol–water partition coefficient (Wildman–Crippen LogP) is -2.11. The summed E-state index contributed by atoms with van der Waals surface area (Å²) in [5.41, 5.74) is 5.20. The number of nitrogens with zero attached hydrogens (tertiary/aromatic N) is 1. The Bertz CT molecular complexity index is 71.6. The van der Waals surface area contributed by atoms with Crippen molar-refractivity contribution in [2.45, 2.75) is 0 Å². The van der Waals surface area contributed by atoms with E-state index in [0.29, 0.717) is 13.1 Å². The van der Waals surface area contributed by atoms with Crippen LogP contribution in [0.3, 0.4) is 0 Å². The van der Waals surface area contributed by atoms with Gasteiger partial charge in [0, 0.05) is 19.5 Å². The second-order valence-corrected chi connectivity index (χ2v) is 2.03. The lowest BCUT2D eigenvalue weighted by atomic mass is 9.92. The monoisotopic (exact) mass is 132 g/mol. The van der Waals surface area contributed by atoms with Gasteiger partial charge in [0.2, 0.25) is 0 Å². The maximum absolute atomic E-state index is 8.42. The van der Waals surface area contributed by atoms with Gasteiger partial charge in [-0.3, -0.25) is 0 Å². The Labute approximate surface area is 55.4 Å². The average molecular weight is 132 g/mol. The first-order chi connectivity index (χ1) is 4.16. The Hall–Kier alpha value is -0.0951. The van der Waals surface area contributed by atoms with E-state index < -0.39 is 7.12 Å². The molecule has 0 rings (SSSR count). The van der Waals surface area contributed by atoms with Crippen LogP contribution in [0.25, 0.3) is 0 Å². The van der Waals surface area contributed by atoms with Crippen molar-refractivity contribution in [3.63, 3.8) is 0 Å². The minimum atomic E-state index is -1.25. The highest BCUT2D eigenvalue weighted by Crippen LogP contribution is 1.79. The smallest absolute Gasteiger partial charge is 0.426 e. The molecule has 0 aliphatic heterocycles.